The zero-order valence-corrected chi connectivity index (χ0v) is 11.8. The molecular weight excluding hydrogens is 294 g/mol. The number of ether oxygens (including phenoxy) is 1. The van der Waals surface area contributed by atoms with Crippen molar-refractivity contribution in [3.05, 3.63) is 60.7 Å². The Hall–Kier alpha value is -3.73. The first-order valence-corrected chi connectivity index (χ1v) is 6.65. The van der Waals surface area contributed by atoms with Crippen LogP contribution in [0.25, 0.3) is 5.57 Å². The molecule has 0 aliphatic carbocycles. The highest BCUT2D eigenvalue weighted by molar-refractivity contribution is 5.74. The van der Waals surface area contributed by atoms with E-state index in [2.05, 4.69) is 30.9 Å². The van der Waals surface area contributed by atoms with Gasteiger partial charge in [0, 0.05) is 30.2 Å². The highest BCUT2D eigenvalue weighted by Crippen LogP contribution is 2.22. The van der Waals surface area contributed by atoms with Gasteiger partial charge in [0.05, 0.1) is 0 Å². The number of benzene rings is 1. The Labute approximate surface area is 131 Å². The molecule has 0 aliphatic rings. The van der Waals surface area contributed by atoms with Gasteiger partial charge in [-0.05, 0) is 23.4 Å². The van der Waals surface area contributed by atoms with Crippen LogP contribution in [0, 0.1) is 11.3 Å². The van der Waals surface area contributed by atoms with Gasteiger partial charge < -0.3 is 10.1 Å². The molecular formula is C15H11N7O. The number of nitrogens with zero attached hydrogens (tertiary/aromatic N) is 5. The number of tetrazole rings is 1. The summed E-state index contributed by atoms with van der Waals surface area (Å²) in [6, 6.07) is 14.7. The van der Waals surface area contributed by atoms with Crippen LogP contribution >= 0.6 is 0 Å². The minimum Gasteiger partial charge on any atom is -0.439 e. The molecule has 0 radical (unpaired) electrons. The second-order valence-electron chi connectivity index (χ2n) is 4.35. The van der Waals surface area contributed by atoms with E-state index in [9.17, 15) is 0 Å². The van der Waals surface area contributed by atoms with Crippen LogP contribution in [0.1, 0.15) is 5.82 Å². The molecule has 0 amide bonds. The maximum absolute atomic E-state index is 9.11. The van der Waals surface area contributed by atoms with Gasteiger partial charge in [-0.1, -0.05) is 12.1 Å². The molecule has 0 unspecified atom stereocenters. The lowest BCUT2D eigenvalue weighted by Gasteiger charge is -2.06. The summed E-state index contributed by atoms with van der Waals surface area (Å²) < 4.78 is 5.65. The Bertz CT molecular complexity index is 838. The smallest absolute Gasteiger partial charge is 0.219 e. The molecule has 8 nitrogen and oxygen atoms in total. The van der Waals surface area contributed by atoms with Crippen LogP contribution in [0.2, 0.25) is 0 Å². The predicted octanol–water partition coefficient (Wildman–Crippen LogP) is 2.36. The van der Waals surface area contributed by atoms with Crippen molar-refractivity contribution in [1.29, 1.82) is 5.26 Å². The van der Waals surface area contributed by atoms with Crippen LogP contribution in [0.4, 0.5) is 5.69 Å². The number of H-pyrrole nitrogens is 1. The Balaban J connectivity index is 1.74. The van der Waals surface area contributed by atoms with Gasteiger partial charge in [0.2, 0.25) is 11.7 Å². The highest BCUT2D eigenvalue weighted by atomic mass is 16.5. The minimum atomic E-state index is 0.223. The van der Waals surface area contributed by atoms with Crippen molar-refractivity contribution in [3.63, 3.8) is 0 Å². The molecule has 112 valence electrons. The van der Waals surface area contributed by atoms with Gasteiger partial charge in [0.25, 0.3) is 0 Å². The average Bonchev–Trinajstić information content (AvgIpc) is 3.11. The quantitative estimate of drug-likeness (QED) is 0.696. The van der Waals surface area contributed by atoms with Crippen molar-refractivity contribution in [2.24, 2.45) is 0 Å². The second kappa shape index (κ2) is 6.82. The van der Waals surface area contributed by atoms with E-state index in [4.69, 9.17) is 10.00 Å². The van der Waals surface area contributed by atoms with Gasteiger partial charge in [0.15, 0.2) is 0 Å². The lowest BCUT2D eigenvalue weighted by atomic mass is 10.2. The van der Waals surface area contributed by atoms with Gasteiger partial charge in [-0.3, -0.25) is 0 Å². The summed E-state index contributed by atoms with van der Waals surface area (Å²) in [5.74, 6) is 1.35. The Morgan fingerprint density at radius 3 is 2.96 bits per heavy atom. The molecule has 0 aliphatic heterocycles. The number of nitriles is 1. The Morgan fingerprint density at radius 2 is 2.22 bits per heavy atom. The van der Waals surface area contributed by atoms with Gasteiger partial charge >= 0.3 is 0 Å². The normalized spacial score (nSPS) is 10.8. The van der Waals surface area contributed by atoms with Crippen molar-refractivity contribution < 1.29 is 4.74 Å². The molecule has 0 saturated heterocycles. The third-order valence-corrected chi connectivity index (χ3v) is 2.78. The molecule has 0 saturated carbocycles. The van der Waals surface area contributed by atoms with Crippen molar-refractivity contribution in [2.45, 2.75) is 0 Å². The summed E-state index contributed by atoms with van der Waals surface area (Å²) in [6.45, 7) is 0. The first-order chi connectivity index (χ1) is 11.3. The van der Waals surface area contributed by atoms with Gasteiger partial charge in [-0.15, -0.1) is 10.2 Å². The summed E-state index contributed by atoms with van der Waals surface area (Å²) in [5, 5.41) is 25.4. The third-order valence-electron chi connectivity index (χ3n) is 2.78. The number of nitrogens with one attached hydrogen (secondary N) is 2. The molecule has 0 spiro atoms. The number of aromatic amines is 1. The van der Waals surface area contributed by atoms with Gasteiger partial charge in [-0.25, -0.2) is 4.98 Å². The lowest BCUT2D eigenvalue weighted by Crippen LogP contribution is -1.94. The molecule has 2 aromatic heterocycles. The summed E-state index contributed by atoms with van der Waals surface area (Å²) in [6.07, 6.45) is 3.16. The molecule has 0 fully saturated rings. The van der Waals surface area contributed by atoms with Crippen LogP contribution < -0.4 is 10.1 Å². The van der Waals surface area contributed by atoms with Crippen molar-refractivity contribution >= 4 is 11.3 Å². The summed E-state index contributed by atoms with van der Waals surface area (Å²) in [7, 11) is 0. The SMILES string of the molecule is N#CC(=CNc1cccc(Oc2ccccn2)c1)c1nn[nH]n1. The predicted molar refractivity (Wildman–Crippen MR) is 82.1 cm³/mol. The van der Waals surface area contributed by atoms with Crippen LogP contribution in [0.5, 0.6) is 11.6 Å². The number of pyridine rings is 1. The zero-order chi connectivity index (χ0) is 15.9. The molecule has 3 aromatic rings. The number of aromatic nitrogens is 5. The van der Waals surface area contributed by atoms with E-state index in [-0.39, 0.29) is 11.4 Å². The van der Waals surface area contributed by atoms with E-state index in [1.807, 2.05) is 36.4 Å². The van der Waals surface area contributed by atoms with E-state index in [1.165, 1.54) is 6.20 Å². The van der Waals surface area contributed by atoms with E-state index in [0.717, 1.165) is 5.69 Å². The number of allylic oxidation sites excluding steroid dienone is 1. The zero-order valence-electron chi connectivity index (χ0n) is 11.8. The Morgan fingerprint density at radius 1 is 1.26 bits per heavy atom. The number of hydrogen-bond acceptors (Lipinski definition) is 7. The maximum Gasteiger partial charge on any atom is 0.219 e. The fourth-order valence-corrected chi connectivity index (χ4v) is 1.76. The number of anilines is 1. The molecule has 1 aromatic carbocycles. The maximum atomic E-state index is 9.11. The summed E-state index contributed by atoms with van der Waals surface area (Å²) >= 11 is 0. The largest absolute Gasteiger partial charge is 0.439 e. The highest BCUT2D eigenvalue weighted by Gasteiger charge is 2.05. The molecule has 0 atom stereocenters. The summed E-state index contributed by atoms with van der Waals surface area (Å²) in [5.41, 5.74) is 1.00. The van der Waals surface area contributed by atoms with E-state index in [1.54, 1.807) is 18.3 Å². The first kappa shape index (κ1) is 14.2. The fraction of sp³-hybridized carbons (Fsp3) is 0. The topological polar surface area (TPSA) is 112 Å². The second-order valence-corrected chi connectivity index (χ2v) is 4.35. The van der Waals surface area contributed by atoms with E-state index >= 15 is 0 Å². The molecule has 8 heteroatoms. The van der Waals surface area contributed by atoms with Crippen LogP contribution in [0.15, 0.2) is 54.9 Å². The van der Waals surface area contributed by atoms with Gasteiger partial charge in [-0.2, -0.15) is 10.5 Å². The first-order valence-electron chi connectivity index (χ1n) is 6.65. The monoisotopic (exact) mass is 305 g/mol. The lowest BCUT2D eigenvalue weighted by molar-refractivity contribution is 0.463. The Kier molecular flexibility index (Phi) is 4.21. The van der Waals surface area contributed by atoms with Crippen LogP contribution in [-0.2, 0) is 0 Å². The molecule has 23 heavy (non-hydrogen) atoms. The summed E-state index contributed by atoms with van der Waals surface area (Å²) in [4.78, 5) is 4.10. The number of hydrogen-bond donors (Lipinski definition) is 2. The minimum absolute atomic E-state index is 0.223. The molecule has 2 heterocycles. The molecule has 2 N–H and O–H groups in total. The molecule has 3 rings (SSSR count). The van der Waals surface area contributed by atoms with Gasteiger partial charge in [0.1, 0.15) is 17.4 Å². The van der Waals surface area contributed by atoms with Crippen molar-refractivity contribution in [1.82, 2.24) is 25.6 Å². The van der Waals surface area contributed by atoms with E-state index < -0.39 is 0 Å². The average molecular weight is 305 g/mol. The van der Waals surface area contributed by atoms with Crippen LogP contribution in [0.3, 0.4) is 0 Å². The number of rotatable bonds is 5. The van der Waals surface area contributed by atoms with Crippen molar-refractivity contribution in [2.75, 3.05) is 5.32 Å². The standard InChI is InChI=1S/C15H11N7O/c16-9-11(15-19-21-22-20-15)10-18-12-4-3-5-13(8-12)23-14-6-1-2-7-17-14/h1-8,10,18H,(H,19,20,21,22). The fourth-order valence-electron chi connectivity index (χ4n) is 1.76. The van der Waals surface area contributed by atoms with Crippen molar-refractivity contribution in [3.8, 4) is 17.7 Å². The van der Waals surface area contributed by atoms with Crippen LogP contribution in [-0.4, -0.2) is 25.6 Å². The van der Waals surface area contributed by atoms with E-state index in [0.29, 0.717) is 11.6 Å². The molecule has 0 bridgehead atoms. The third kappa shape index (κ3) is 3.68.